The lowest BCUT2D eigenvalue weighted by Gasteiger charge is -2.14. The first kappa shape index (κ1) is 16.5. The van der Waals surface area contributed by atoms with E-state index < -0.39 is 11.7 Å². The van der Waals surface area contributed by atoms with Gasteiger partial charge in [0.15, 0.2) is 0 Å². The third kappa shape index (κ3) is 4.05. The van der Waals surface area contributed by atoms with E-state index in [1.165, 1.54) is 12.1 Å². The highest BCUT2D eigenvalue weighted by Gasteiger charge is 2.33. The van der Waals surface area contributed by atoms with Gasteiger partial charge in [0.2, 0.25) is 0 Å². The second kappa shape index (κ2) is 6.46. The van der Waals surface area contributed by atoms with Gasteiger partial charge >= 0.3 is 6.18 Å². The van der Waals surface area contributed by atoms with Gasteiger partial charge in [-0.2, -0.15) is 13.2 Å². The Bertz CT molecular complexity index is 659. The van der Waals surface area contributed by atoms with E-state index in [1.54, 1.807) is 18.2 Å². The summed E-state index contributed by atoms with van der Waals surface area (Å²) in [6.07, 6.45) is -4.49. The Balaban J connectivity index is 2.37. The molecule has 0 heterocycles. The summed E-state index contributed by atoms with van der Waals surface area (Å²) in [5.41, 5.74) is -0.799. The van der Waals surface area contributed by atoms with Gasteiger partial charge in [-0.15, -0.1) is 11.6 Å². The van der Waals surface area contributed by atoms with Crippen molar-refractivity contribution in [3.63, 3.8) is 0 Å². The lowest BCUT2D eigenvalue weighted by molar-refractivity contribution is -0.138. The Labute approximate surface area is 137 Å². The molecular weight excluding hydrogens is 392 g/mol. The summed E-state index contributed by atoms with van der Waals surface area (Å²) in [6.45, 7) is 0. The van der Waals surface area contributed by atoms with Gasteiger partial charge < -0.3 is 4.74 Å². The van der Waals surface area contributed by atoms with Crippen LogP contribution in [0.5, 0.6) is 11.5 Å². The molecule has 2 aromatic rings. The van der Waals surface area contributed by atoms with Gasteiger partial charge in [-0.1, -0.05) is 17.7 Å². The fourth-order valence-corrected chi connectivity index (χ4v) is 2.68. The van der Waals surface area contributed by atoms with Crippen LogP contribution in [0, 0.1) is 0 Å². The summed E-state index contributed by atoms with van der Waals surface area (Å²) < 4.78 is 44.8. The first-order valence-electron chi connectivity index (χ1n) is 5.70. The zero-order chi connectivity index (χ0) is 15.6. The molecule has 0 saturated heterocycles. The van der Waals surface area contributed by atoms with Gasteiger partial charge in [0.1, 0.15) is 11.5 Å². The second-order valence-electron chi connectivity index (χ2n) is 4.13. The van der Waals surface area contributed by atoms with Crippen molar-refractivity contribution in [2.45, 2.75) is 12.1 Å². The SMILES string of the molecule is FC(F)(F)c1cc(Oc2ccc(Cl)cc2Br)ccc1CCl. The lowest BCUT2D eigenvalue weighted by atomic mass is 10.1. The third-order valence-electron chi connectivity index (χ3n) is 2.65. The normalized spacial score (nSPS) is 11.5. The maximum atomic E-state index is 12.9. The van der Waals surface area contributed by atoms with E-state index >= 15 is 0 Å². The van der Waals surface area contributed by atoms with Crippen molar-refractivity contribution in [1.82, 2.24) is 0 Å². The van der Waals surface area contributed by atoms with E-state index in [1.807, 2.05) is 0 Å². The van der Waals surface area contributed by atoms with E-state index in [0.717, 1.165) is 6.07 Å². The number of halogens is 6. The van der Waals surface area contributed by atoms with Crippen LogP contribution in [0.2, 0.25) is 5.02 Å². The minimum Gasteiger partial charge on any atom is -0.456 e. The quantitative estimate of drug-likeness (QED) is 0.525. The summed E-state index contributed by atoms with van der Waals surface area (Å²) in [6, 6.07) is 8.41. The smallest absolute Gasteiger partial charge is 0.416 e. The molecule has 1 nitrogen and oxygen atoms in total. The van der Waals surface area contributed by atoms with Gasteiger partial charge in [0.05, 0.1) is 10.0 Å². The van der Waals surface area contributed by atoms with Gasteiger partial charge in [0, 0.05) is 10.9 Å². The molecule has 0 aliphatic heterocycles. The molecule has 112 valence electrons. The van der Waals surface area contributed by atoms with Crippen LogP contribution in [0.25, 0.3) is 0 Å². The molecule has 2 rings (SSSR count). The molecule has 0 fully saturated rings. The summed E-state index contributed by atoms with van der Waals surface area (Å²) >= 11 is 14.6. The Kier molecular flexibility index (Phi) is 5.07. The Morgan fingerprint density at radius 2 is 1.81 bits per heavy atom. The lowest BCUT2D eigenvalue weighted by Crippen LogP contribution is -2.08. The Hall–Kier alpha value is -0.910. The zero-order valence-electron chi connectivity index (χ0n) is 10.3. The molecule has 0 amide bonds. The minimum atomic E-state index is -4.49. The first-order chi connectivity index (χ1) is 9.81. The zero-order valence-corrected chi connectivity index (χ0v) is 13.4. The maximum absolute atomic E-state index is 12.9. The standard InChI is InChI=1S/C14H8BrCl2F3O/c15-12-5-9(17)2-4-13(12)21-10-3-1-8(7-16)11(6-10)14(18,19)20/h1-6H,7H2. The van der Waals surface area contributed by atoms with Gasteiger partial charge in [-0.25, -0.2) is 0 Å². The highest BCUT2D eigenvalue weighted by Crippen LogP contribution is 2.37. The summed E-state index contributed by atoms with van der Waals surface area (Å²) in [4.78, 5) is 0. The third-order valence-corrected chi connectivity index (χ3v) is 3.80. The van der Waals surface area contributed by atoms with E-state index in [0.29, 0.717) is 15.2 Å². The van der Waals surface area contributed by atoms with Crippen LogP contribution in [0.3, 0.4) is 0 Å². The molecule has 21 heavy (non-hydrogen) atoms. The number of hydrogen-bond donors (Lipinski definition) is 0. The molecule has 0 aliphatic rings. The van der Waals surface area contributed by atoms with Crippen LogP contribution >= 0.6 is 39.1 Å². The van der Waals surface area contributed by atoms with Crippen molar-refractivity contribution in [2.24, 2.45) is 0 Å². The molecule has 0 radical (unpaired) electrons. The van der Waals surface area contributed by atoms with Crippen molar-refractivity contribution in [2.75, 3.05) is 0 Å². The van der Waals surface area contributed by atoms with Crippen molar-refractivity contribution in [3.8, 4) is 11.5 Å². The summed E-state index contributed by atoms with van der Waals surface area (Å²) in [5.74, 6) is 0.213. The highest BCUT2D eigenvalue weighted by atomic mass is 79.9. The largest absolute Gasteiger partial charge is 0.456 e. The number of alkyl halides is 4. The first-order valence-corrected chi connectivity index (χ1v) is 7.41. The summed E-state index contributed by atoms with van der Waals surface area (Å²) in [7, 11) is 0. The maximum Gasteiger partial charge on any atom is 0.416 e. The molecule has 0 N–H and O–H groups in total. The molecule has 0 bridgehead atoms. The average Bonchev–Trinajstić information content (AvgIpc) is 2.41. The van der Waals surface area contributed by atoms with Crippen molar-refractivity contribution >= 4 is 39.1 Å². The van der Waals surface area contributed by atoms with Gasteiger partial charge in [0.25, 0.3) is 0 Å². The molecule has 2 aromatic carbocycles. The van der Waals surface area contributed by atoms with Crippen LogP contribution in [-0.2, 0) is 12.1 Å². The Morgan fingerprint density at radius 3 is 2.38 bits per heavy atom. The van der Waals surface area contributed by atoms with Crippen molar-refractivity contribution in [3.05, 3.63) is 57.0 Å². The molecule has 0 aliphatic carbocycles. The second-order valence-corrected chi connectivity index (χ2v) is 5.69. The predicted molar refractivity (Wildman–Crippen MR) is 80.2 cm³/mol. The summed E-state index contributed by atoms with van der Waals surface area (Å²) in [5, 5.41) is 0.489. The van der Waals surface area contributed by atoms with Gasteiger partial charge in [-0.3, -0.25) is 0 Å². The van der Waals surface area contributed by atoms with Crippen molar-refractivity contribution in [1.29, 1.82) is 0 Å². The fraction of sp³-hybridized carbons (Fsp3) is 0.143. The van der Waals surface area contributed by atoms with Crippen LogP contribution in [0.4, 0.5) is 13.2 Å². The van der Waals surface area contributed by atoms with Gasteiger partial charge in [-0.05, 0) is 51.8 Å². The van der Waals surface area contributed by atoms with Crippen LogP contribution in [0.1, 0.15) is 11.1 Å². The number of ether oxygens (including phenoxy) is 1. The van der Waals surface area contributed by atoms with Crippen molar-refractivity contribution < 1.29 is 17.9 Å². The number of benzene rings is 2. The highest BCUT2D eigenvalue weighted by molar-refractivity contribution is 9.10. The average molecular weight is 400 g/mol. The fourth-order valence-electron chi connectivity index (χ4n) is 1.68. The van der Waals surface area contributed by atoms with E-state index in [2.05, 4.69) is 15.9 Å². The van der Waals surface area contributed by atoms with Crippen LogP contribution in [-0.4, -0.2) is 0 Å². The topological polar surface area (TPSA) is 9.23 Å². The van der Waals surface area contributed by atoms with Crippen LogP contribution < -0.4 is 4.74 Å². The molecule has 0 aromatic heterocycles. The van der Waals surface area contributed by atoms with E-state index in [9.17, 15) is 13.2 Å². The molecule has 0 spiro atoms. The number of hydrogen-bond acceptors (Lipinski definition) is 1. The molecule has 0 atom stereocenters. The predicted octanol–water partition coefficient (Wildman–Crippen LogP) is 6.65. The molecule has 0 unspecified atom stereocenters. The number of rotatable bonds is 3. The molecule has 0 saturated carbocycles. The van der Waals surface area contributed by atoms with E-state index in [4.69, 9.17) is 27.9 Å². The molecule has 7 heteroatoms. The van der Waals surface area contributed by atoms with E-state index in [-0.39, 0.29) is 17.2 Å². The minimum absolute atomic E-state index is 0.00619. The Morgan fingerprint density at radius 1 is 1.10 bits per heavy atom. The van der Waals surface area contributed by atoms with Crippen LogP contribution in [0.15, 0.2) is 40.9 Å². The monoisotopic (exact) mass is 398 g/mol. The molecular formula is C14H8BrCl2F3O.